The van der Waals surface area contributed by atoms with E-state index in [2.05, 4.69) is 10.2 Å². The summed E-state index contributed by atoms with van der Waals surface area (Å²) in [5.41, 5.74) is -0.906. The summed E-state index contributed by atoms with van der Waals surface area (Å²) >= 11 is 0. The summed E-state index contributed by atoms with van der Waals surface area (Å²) in [6, 6.07) is 3.55. The number of aromatic carboxylic acids is 1. The number of carbonyl (C=O) groups is 1. The quantitative estimate of drug-likeness (QED) is 0.651. The molecule has 1 N–H and O–H groups in total. The zero-order chi connectivity index (χ0) is 15.6. The molecule has 9 heteroatoms. The van der Waals surface area contributed by atoms with Gasteiger partial charge in [-0.25, -0.2) is 4.79 Å². The lowest BCUT2D eigenvalue weighted by Crippen LogP contribution is -2.06. The molecule has 1 heterocycles. The Hall–Kier alpha value is -2.97. The molecule has 0 atom stereocenters. The number of hydrogen-bond donors (Lipinski definition) is 1. The summed E-state index contributed by atoms with van der Waals surface area (Å²) in [5, 5.41) is 27.5. The van der Waals surface area contributed by atoms with E-state index in [1.165, 1.54) is 6.07 Å². The van der Waals surface area contributed by atoms with E-state index >= 15 is 0 Å². The first-order valence-corrected chi connectivity index (χ1v) is 5.89. The van der Waals surface area contributed by atoms with Crippen molar-refractivity contribution in [2.24, 2.45) is 7.05 Å². The number of benzene rings is 1. The molecule has 0 aliphatic heterocycles. The number of ether oxygens (including phenoxy) is 1. The Morgan fingerprint density at radius 1 is 1.48 bits per heavy atom. The van der Waals surface area contributed by atoms with Crippen molar-refractivity contribution in [2.45, 2.75) is 13.5 Å². The second-order valence-electron chi connectivity index (χ2n) is 4.25. The topological polar surface area (TPSA) is 120 Å². The van der Waals surface area contributed by atoms with Crippen LogP contribution in [0.25, 0.3) is 0 Å². The molecule has 0 saturated heterocycles. The molecule has 0 unspecified atom stereocenters. The third-order valence-corrected chi connectivity index (χ3v) is 2.95. The highest BCUT2D eigenvalue weighted by Crippen LogP contribution is 2.24. The highest BCUT2D eigenvalue weighted by Gasteiger charge is 2.20. The molecule has 0 saturated carbocycles. The lowest BCUT2D eigenvalue weighted by atomic mass is 10.1. The van der Waals surface area contributed by atoms with Crippen molar-refractivity contribution in [3.63, 3.8) is 0 Å². The number of nitrogens with zero attached hydrogens (tertiary/aromatic N) is 4. The molecule has 1 aromatic heterocycles. The summed E-state index contributed by atoms with van der Waals surface area (Å²) in [5.74, 6) is 0.0894. The van der Waals surface area contributed by atoms with Crippen molar-refractivity contribution >= 4 is 11.7 Å². The summed E-state index contributed by atoms with van der Waals surface area (Å²) in [7, 11) is 1.77. The average molecular weight is 292 g/mol. The van der Waals surface area contributed by atoms with Gasteiger partial charge in [-0.15, -0.1) is 10.2 Å². The normalized spacial score (nSPS) is 10.4. The third-order valence-electron chi connectivity index (χ3n) is 2.95. The molecular weight excluding hydrogens is 280 g/mol. The van der Waals surface area contributed by atoms with E-state index in [0.29, 0.717) is 11.6 Å². The zero-order valence-electron chi connectivity index (χ0n) is 11.3. The molecule has 9 nitrogen and oxygen atoms in total. The van der Waals surface area contributed by atoms with Crippen molar-refractivity contribution in [3.8, 4) is 5.75 Å². The second-order valence-corrected chi connectivity index (χ2v) is 4.25. The number of carboxylic acids is 1. The maximum atomic E-state index is 11.0. The van der Waals surface area contributed by atoms with Gasteiger partial charge in [-0.1, -0.05) is 0 Å². The van der Waals surface area contributed by atoms with Gasteiger partial charge in [0.15, 0.2) is 5.82 Å². The van der Waals surface area contributed by atoms with E-state index in [0.717, 1.165) is 12.1 Å². The van der Waals surface area contributed by atoms with E-state index in [-0.39, 0.29) is 12.4 Å². The molecule has 0 radical (unpaired) electrons. The first-order valence-electron chi connectivity index (χ1n) is 5.89. The maximum absolute atomic E-state index is 11.0. The van der Waals surface area contributed by atoms with Crippen LogP contribution in [0.4, 0.5) is 5.69 Å². The van der Waals surface area contributed by atoms with Crippen LogP contribution >= 0.6 is 0 Å². The lowest BCUT2D eigenvalue weighted by Gasteiger charge is -2.07. The minimum Gasteiger partial charge on any atom is -0.486 e. The van der Waals surface area contributed by atoms with E-state index < -0.39 is 22.1 Å². The van der Waals surface area contributed by atoms with Crippen LogP contribution in [0.2, 0.25) is 0 Å². The second kappa shape index (κ2) is 5.57. The van der Waals surface area contributed by atoms with E-state index in [1.54, 1.807) is 18.5 Å². The number of aryl methyl sites for hydroxylation is 1. The molecule has 0 bridgehead atoms. The number of nitro groups is 1. The molecule has 110 valence electrons. The molecule has 0 aliphatic carbocycles. The van der Waals surface area contributed by atoms with Gasteiger partial charge in [0.05, 0.1) is 4.92 Å². The van der Waals surface area contributed by atoms with Gasteiger partial charge >= 0.3 is 5.97 Å². The molecule has 1 aromatic carbocycles. The van der Waals surface area contributed by atoms with Gasteiger partial charge in [-0.2, -0.15) is 0 Å². The molecule has 21 heavy (non-hydrogen) atoms. The number of nitro benzene ring substituents is 1. The molecule has 0 fully saturated rings. The molecule has 2 rings (SSSR count). The number of rotatable bonds is 5. The van der Waals surface area contributed by atoms with Gasteiger partial charge in [0.2, 0.25) is 0 Å². The fourth-order valence-electron chi connectivity index (χ4n) is 1.66. The van der Waals surface area contributed by atoms with Crippen LogP contribution < -0.4 is 4.74 Å². The largest absolute Gasteiger partial charge is 0.486 e. The van der Waals surface area contributed by atoms with Gasteiger partial charge in [0.1, 0.15) is 23.7 Å². The van der Waals surface area contributed by atoms with Crippen LogP contribution in [0.1, 0.15) is 22.0 Å². The van der Waals surface area contributed by atoms with E-state index in [9.17, 15) is 14.9 Å². The van der Waals surface area contributed by atoms with E-state index in [4.69, 9.17) is 9.84 Å². The minimum atomic E-state index is -1.39. The maximum Gasteiger partial charge on any atom is 0.342 e. The first-order chi connectivity index (χ1) is 9.90. The van der Waals surface area contributed by atoms with Crippen LogP contribution in [-0.2, 0) is 13.7 Å². The first kappa shape index (κ1) is 14.4. The summed E-state index contributed by atoms with van der Waals surface area (Å²) in [6.45, 7) is 1.86. The van der Waals surface area contributed by atoms with Gasteiger partial charge in [0.25, 0.3) is 5.69 Å². The zero-order valence-corrected chi connectivity index (χ0v) is 11.3. The molecule has 2 aromatic rings. The molecule has 0 spiro atoms. The lowest BCUT2D eigenvalue weighted by molar-refractivity contribution is -0.385. The van der Waals surface area contributed by atoms with Crippen LogP contribution in [0, 0.1) is 17.0 Å². The monoisotopic (exact) mass is 292 g/mol. The van der Waals surface area contributed by atoms with Crippen molar-refractivity contribution < 1.29 is 19.6 Å². The standard InChI is InChI=1S/C12H12N4O5/c1-7-13-14-11(15(7)2)6-21-8-3-4-10(16(19)20)9(5-8)12(17)18/h3-5H,6H2,1-2H3,(H,17,18). The van der Waals surface area contributed by atoms with Crippen molar-refractivity contribution in [2.75, 3.05) is 0 Å². The van der Waals surface area contributed by atoms with Crippen LogP contribution in [0.5, 0.6) is 5.75 Å². The fourth-order valence-corrected chi connectivity index (χ4v) is 1.66. The van der Waals surface area contributed by atoms with Gasteiger partial charge < -0.3 is 14.4 Å². The predicted octanol–water partition coefficient (Wildman–Crippen LogP) is 1.31. The van der Waals surface area contributed by atoms with Crippen molar-refractivity contribution in [3.05, 3.63) is 45.5 Å². The predicted molar refractivity (Wildman–Crippen MR) is 70.1 cm³/mol. The SMILES string of the molecule is Cc1nnc(COc2ccc([N+](=O)[O-])c(C(=O)O)c2)n1C. The van der Waals surface area contributed by atoms with Crippen LogP contribution in [0.15, 0.2) is 18.2 Å². The highest BCUT2D eigenvalue weighted by atomic mass is 16.6. The summed E-state index contributed by atoms with van der Waals surface area (Å²) in [4.78, 5) is 21.0. The van der Waals surface area contributed by atoms with Gasteiger partial charge in [-0.3, -0.25) is 10.1 Å². The molecule has 0 amide bonds. The van der Waals surface area contributed by atoms with Crippen LogP contribution in [0.3, 0.4) is 0 Å². The van der Waals surface area contributed by atoms with Crippen molar-refractivity contribution in [1.29, 1.82) is 0 Å². The third kappa shape index (κ3) is 2.96. The van der Waals surface area contributed by atoms with E-state index in [1.807, 2.05) is 0 Å². The Morgan fingerprint density at radius 2 is 2.19 bits per heavy atom. The number of carboxylic acid groups (broad SMARTS) is 1. The Labute approximate surface area is 118 Å². The fraction of sp³-hybridized carbons (Fsp3) is 0.250. The molecular formula is C12H12N4O5. The van der Waals surface area contributed by atoms with Gasteiger partial charge in [0, 0.05) is 19.2 Å². The minimum absolute atomic E-state index is 0.0776. The average Bonchev–Trinajstić information content (AvgIpc) is 2.76. The van der Waals surface area contributed by atoms with Gasteiger partial charge in [-0.05, 0) is 13.0 Å². The summed E-state index contributed by atoms with van der Waals surface area (Å²) in [6.07, 6.45) is 0. The molecule has 0 aliphatic rings. The number of hydrogen-bond acceptors (Lipinski definition) is 6. The Balaban J connectivity index is 2.21. The summed E-state index contributed by atoms with van der Waals surface area (Å²) < 4.78 is 7.13. The van der Waals surface area contributed by atoms with Crippen molar-refractivity contribution in [1.82, 2.24) is 14.8 Å². The van der Waals surface area contributed by atoms with Crippen LogP contribution in [-0.4, -0.2) is 30.8 Å². The Morgan fingerprint density at radius 3 is 2.71 bits per heavy atom. The highest BCUT2D eigenvalue weighted by molar-refractivity contribution is 5.92. The Bertz CT molecular complexity index is 710. The smallest absolute Gasteiger partial charge is 0.342 e. The number of aromatic nitrogens is 3. The Kier molecular flexibility index (Phi) is 3.83.